The average molecular weight is 620 g/mol. The van der Waals surface area contributed by atoms with Gasteiger partial charge in [0.2, 0.25) is 0 Å². The third kappa shape index (κ3) is 5.23. The van der Waals surface area contributed by atoms with Gasteiger partial charge in [0.25, 0.3) is 0 Å². The summed E-state index contributed by atoms with van der Waals surface area (Å²) < 4.78 is 8.34. The SMILES string of the molecule is CC(C)c1ccc([C@H](O)c2c(C(C)C)nc3c(c2I)C(O[Si](C)(C)C(C)(C)C)CC2(CCC2)C3)cc1. The van der Waals surface area contributed by atoms with E-state index in [1.165, 1.54) is 39.7 Å². The van der Waals surface area contributed by atoms with E-state index in [-0.39, 0.29) is 17.1 Å². The van der Waals surface area contributed by atoms with Crippen molar-refractivity contribution in [2.75, 3.05) is 0 Å². The third-order valence-electron chi connectivity index (χ3n) is 9.19. The van der Waals surface area contributed by atoms with Crippen LogP contribution in [-0.2, 0) is 10.8 Å². The molecule has 1 spiro atoms. The maximum atomic E-state index is 11.8. The molecule has 1 heterocycles. The number of hydrogen-bond acceptors (Lipinski definition) is 3. The molecular formula is C31H46INO2Si. The molecule has 1 unspecified atom stereocenters. The number of halogens is 1. The number of nitrogens with zero attached hydrogens (tertiary/aromatic N) is 1. The van der Waals surface area contributed by atoms with E-state index in [4.69, 9.17) is 9.41 Å². The van der Waals surface area contributed by atoms with Crippen LogP contribution in [0, 0.1) is 8.99 Å². The van der Waals surface area contributed by atoms with Crippen LogP contribution in [0.4, 0.5) is 0 Å². The van der Waals surface area contributed by atoms with E-state index in [2.05, 4.69) is 108 Å². The van der Waals surface area contributed by atoms with Gasteiger partial charge >= 0.3 is 0 Å². The first-order valence-corrected chi connectivity index (χ1v) is 17.8. The number of rotatable bonds is 6. The van der Waals surface area contributed by atoms with Gasteiger partial charge in [-0.2, -0.15) is 0 Å². The lowest BCUT2D eigenvalue weighted by atomic mass is 9.59. The van der Waals surface area contributed by atoms with Gasteiger partial charge in [-0.3, -0.25) is 4.98 Å². The Kier molecular flexibility index (Phi) is 7.91. The van der Waals surface area contributed by atoms with E-state index in [1.54, 1.807) is 0 Å². The van der Waals surface area contributed by atoms with Gasteiger partial charge in [-0.15, -0.1) is 0 Å². The monoisotopic (exact) mass is 619 g/mol. The lowest BCUT2D eigenvalue weighted by molar-refractivity contribution is 0.0293. The van der Waals surface area contributed by atoms with Gasteiger partial charge in [0.05, 0.1) is 11.8 Å². The van der Waals surface area contributed by atoms with Gasteiger partial charge in [-0.25, -0.2) is 0 Å². The molecule has 2 aromatic rings. The second-order valence-electron chi connectivity index (χ2n) is 13.6. The summed E-state index contributed by atoms with van der Waals surface area (Å²) in [5, 5.41) is 11.9. The molecule has 1 fully saturated rings. The predicted molar refractivity (Wildman–Crippen MR) is 161 cm³/mol. The van der Waals surface area contributed by atoms with Gasteiger partial charge in [0.1, 0.15) is 6.10 Å². The number of fused-ring (bicyclic) bond motifs is 1. The van der Waals surface area contributed by atoms with Crippen molar-refractivity contribution in [1.29, 1.82) is 0 Å². The zero-order chi connectivity index (χ0) is 26.6. The number of pyridine rings is 1. The van der Waals surface area contributed by atoms with Crippen LogP contribution in [0.15, 0.2) is 24.3 Å². The van der Waals surface area contributed by atoms with Crippen molar-refractivity contribution in [3.63, 3.8) is 0 Å². The highest BCUT2D eigenvalue weighted by Crippen LogP contribution is 2.57. The maximum Gasteiger partial charge on any atom is 0.192 e. The Morgan fingerprint density at radius 2 is 1.61 bits per heavy atom. The summed E-state index contributed by atoms with van der Waals surface area (Å²) in [6.07, 6.45) is 5.39. The molecule has 0 amide bonds. The Balaban J connectivity index is 1.84. The topological polar surface area (TPSA) is 42.4 Å². The van der Waals surface area contributed by atoms with Crippen molar-refractivity contribution in [3.8, 4) is 0 Å². The molecule has 3 nitrogen and oxygen atoms in total. The summed E-state index contributed by atoms with van der Waals surface area (Å²) in [6, 6.07) is 8.49. The van der Waals surface area contributed by atoms with Crippen LogP contribution in [0.3, 0.4) is 0 Å². The molecule has 198 valence electrons. The van der Waals surface area contributed by atoms with E-state index in [9.17, 15) is 5.11 Å². The fourth-order valence-corrected chi connectivity index (χ4v) is 8.15. The zero-order valence-corrected chi connectivity index (χ0v) is 27.0. The number of aliphatic hydroxyl groups excluding tert-OH is 1. The summed E-state index contributed by atoms with van der Waals surface area (Å²) in [6.45, 7) is 20.5. The predicted octanol–water partition coefficient (Wildman–Crippen LogP) is 9.19. The molecule has 1 aromatic heterocycles. The number of hydrogen-bond donors (Lipinski definition) is 1. The quantitative estimate of drug-likeness (QED) is 0.259. The second-order valence-corrected chi connectivity index (χ2v) is 19.4. The molecule has 0 radical (unpaired) electrons. The van der Waals surface area contributed by atoms with Gasteiger partial charge in [0.15, 0.2) is 8.32 Å². The van der Waals surface area contributed by atoms with E-state index in [0.29, 0.717) is 11.3 Å². The molecule has 5 heteroatoms. The minimum absolute atomic E-state index is 0.0600. The van der Waals surface area contributed by atoms with Gasteiger partial charge in [0, 0.05) is 20.4 Å². The van der Waals surface area contributed by atoms with Gasteiger partial charge < -0.3 is 9.53 Å². The fourth-order valence-electron chi connectivity index (χ4n) is 5.66. The van der Waals surface area contributed by atoms with Crippen LogP contribution < -0.4 is 0 Å². The van der Waals surface area contributed by atoms with Crippen molar-refractivity contribution in [3.05, 3.63) is 61.5 Å². The van der Waals surface area contributed by atoms with Crippen molar-refractivity contribution < 1.29 is 9.53 Å². The first kappa shape index (κ1) is 28.3. The van der Waals surface area contributed by atoms with Gasteiger partial charge in [-0.05, 0) is 94.8 Å². The van der Waals surface area contributed by atoms with Gasteiger partial charge in [-0.1, -0.05) is 79.2 Å². The normalized spacial score (nSPS) is 20.5. The first-order valence-electron chi connectivity index (χ1n) is 13.8. The highest BCUT2D eigenvalue weighted by atomic mass is 127. The number of benzene rings is 1. The molecule has 1 saturated carbocycles. The molecule has 1 N–H and O–H groups in total. The van der Waals surface area contributed by atoms with Crippen LogP contribution in [0.25, 0.3) is 0 Å². The second kappa shape index (κ2) is 10.1. The van der Waals surface area contributed by atoms with Crippen molar-refractivity contribution >= 4 is 30.9 Å². The molecule has 2 aliphatic rings. The zero-order valence-electron chi connectivity index (χ0n) is 23.8. The highest BCUT2D eigenvalue weighted by molar-refractivity contribution is 14.1. The van der Waals surface area contributed by atoms with E-state index in [0.717, 1.165) is 29.7 Å². The molecule has 0 saturated heterocycles. The minimum Gasteiger partial charge on any atom is -0.410 e. The molecule has 0 aliphatic heterocycles. The summed E-state index contributed by atoms with van der Waals surface area (Å²) in [4.78, 5) is 5.36. The number of aromatic nitrogens is 1. The summed E-state index contributed by atoms with van der Waals surface area (Å²) in [7, 11) is -1.99. The summed E-state index contributed by atoms with van der Waals surface area (Å²) >= 11 is 2.51. The van der Waals surface area contributed by atoms with Crippen molar-refractivity contribution in [2.45, 2.75) is 123 Å². The molecule has 0 bridgehead atoms. The fraction of sp³-hybridized carbons (Fsp3) is 0.645. The molecule has 4 rings (SSSR count). The molecule has 2 atom stereocenters. The number of aliphatic hydroxyl groups is 1. The van der Waals surface area contributed by atoms with Crippen LogP contribution in [0.5, 0.6) is 0 Å². The van der Waals surface area contributed by atoms with E-state index in [1.807, 2.05) is 0 Å². The highest BCUT2D eigenvalue weighted by Gasteiger charge is 2.49. The van der Waals surface area contributed by atoms with E-state index >= 15 is 0 Å². The summed E-state index contributed by atoms with van der Waals surface area (Å²) in [5.41, 5.74) is 7.09. The maximum absolute atomic E-state index is 11.8. The lowest BCUT2D eigenvalue weighted by Gasteiger charge is -2.50. The Bertz CT molecular complexity index is 1100. The molecule has 36 heavy (non-hydrogen) atoms. The molecule has 2 aliphatic carbocycles. The minimum atomic E-state index is -1.99. The summed E-state index contributed by atoms with van der Waals surface area (Å²) in [5.74, 6) is 0.711. The van der Waals surface area contributed by atoms with E-state index < -0.39 is 14.4 Å². The third-order valence-corrected chi connectivity index (χ3v) is 14.8. The van der Waals surface area contributed by atoms with Crippen molar-refractivity contribution in [2.24, 2.45) is 5.41 Å². The van der Waals surface area contributed by atoms with Crippen LogP contribution in [0.1, 0.15) is 132 Å². The van der Waals surface area contributed by atoms with Crippen LogP contribution >= 0.6 is 22.6 Å². The first-order chi connectivity index (χ1) is 16.7. The average Bonchev–Trinajstić information content (AvgIpc) is 2.76. The lowest BCUT2D eigenvalue weighted by Crippen LogP contribution is -2.46. The Labute approximate surface area is 234 Å². The van der Waals surface area contributed by atoms with Crippen LogP contribution in [0.2, 0.25) is 18.1 Å². The Morgan fingerprint density at radius 3 is 2.08 bits per heavy atom. The Morgan fingerprint density at radius 1 is 1.03 bits per heavy atom. The smallest absolute Gasteiger partial charge is 0.192 e. The van der Waals surface area contributed by atoms with Crippen molar-refractivity contribution in [1.82, 2.24) is 4.98 Å². The Hall–Kier alpha value is -0.763. The molecule has 1 aromatic carbocycles. The standard InChI is InChI=1S/C31H46INO2Si/c1-19(2)21-11-13-22(14-12-21)29(34)26-27(32)25-23(33-28(26)20(3)4)17-31(15-10-16-31)18-24(25)35-36(8,9)30(5,6)7/h11-14,19-20,24,29,34H,10,15-18H2,1-9H3/t24?,29-/m0/s1. The van der Waals surface area contributed by atoms with Crippen LogP contribution in [-0.4, -0.2) is 18.4 Å². The molecular weight excluding hydrogens is 573 g/mol. The largest absolute Gasteiger partial charge is 0.410 e.